The fraction of sp³-hybridized carbons (Fsp3) is 0.643. The van der Waals surface area contributed by atoms with Gasteiger partial charge < -0.3 is 19.4 Å². The first-order valence-electron chi connectivity index (χ1n) is 6.80. The van der Waals surface area contributed by atoms with Crippen molar-refractivity contribution < 1.29 is 9.47 Å². The normalized spacial score (nSPS) is 19.3. The lowest BCUT2D eigenvalue weighted by molar-refractivity contribution is 0.0595. The fourth-order valence-electron chi connectivity index (χ4n) is 2.23. The van der Waals surface area contributed by atoms with E-state index in [0.29, 0.717) is 19.1 Å². The number of nitrogens with zero attached hydrogens (tertiary/aromatic N) is 1. The summed E-state index contributed by atoms with van der Waals surface area (Å²) in [6.07, 6.45) is 4.20. The van der Waals surface area contributed by atoms with Crippen molar-refractivity contribution >= 4 is 5.69 Å². The van der Waals surface area contributed by atoms with Gasteiger partial charge in [-0.25, -0.2) is 0 Å². The lowest BCUT2D eigenvalue weighted by atomic mass is 10.0. The lowest BCUT2D eigenvalue weighted by Crippen LogP contribution is -2.25. The van der Waals surface area contributed by atoms with Gasteiger partial charge in [0.25, 0.3) is 5.56 Å². The Morgan fingerprint density at radius 2 is 2.42 bits per heavy atom. The SMILES string of the molecule is COCCn1cc(NCC2CCCOC2)ccc1=O. The summed E-state index contributed by atoms with van der Waals surface area (Å²) in [6, 6.07) is 3.42. The molecule has 19 heavy (non-hydrogen) atoms. The number of anilines is 1. The molecule has 1 aromatic rings. The van der Waals surface area contributed by atoms with E-state index in [1.165, 1.54) is 6.42 Å². The highest BCUT2D eigenvalue weighted by atomic mass is 16.5. The molecule has 2 rings (SSSR count). The number of methoxy groups -OCH3 is 1. The molecular weight excluding hydrogens is 244 g/mol. The number of aromatic nitrogens is 1. The van der Waals surface area contributed by atoms with Crippen molar-refractivity contribution in [1.82, 2.24) is 4.57 Å². The van der Waals surface area contributed by atoms with Gasteiger partial charge in [-0.2, -0.15) is 0 Å². The summed E-state index contributed by atoms with van der Waals surface area (Å²) in [6.45, 7) is 3.73. The van der Waals surface area contributed by atoms with Crippen LogP contribution in [0.15, 0.2) is 23.1 Å². The maximum Gasteiger partial charge on any atom is 0.250 e. The average Bonchev–Trinajstić information content (AvgIpc) is 2.46. The Morgan fingerprint density at radius 1 is 1.53 bits per heavy atom. The molecule has 1 atom stereocenters. The maximum atomic E-state index is 11.6. The highest BCUT2D eigenvalue weighted by molar-refractivity contribution is 5.40. The molecule has 0 saturated carbocycles. The van der Waals surface area contributed by atoms with Crippen LogP contribution in [-0.4, -0.2) is 38.0 Å². The van der Waals surface area contributed by atoms with Crippen LogP contribution in [0.1, 0.15) is 12.8 Å². The fourth-order valence-corrected chi connectivity index (χ4v) is 2.23. The minimum Gasteiger partial charge on any atom is -0.383 e. The molecule has 5 heteroatoms. The predicted molar refractivity (Wildman–Crippen MR) is 74.6 cm³/mol. The van der Waals surface area contributed by atoms with Crippen LogP contribution in [0.25, 0.3) is 0 Å². The predicted octanol–water partition coefficient (Wildman–Crippen LogP) is 1.33. The van der Waals surface area contributed by atoms with Gasteiger partial charge in [-0.1, -0.05) is 0 Å². The average molecular weight is 266 g/mol. The van der Waals surface area contributed by atoms with Gasteiger partial charge in [-0.3, -0.25) is 4.79 Å². The van der Waals surface area contributed by atoms with E-state index in [9.17, 15) is 4.79 Å². The van der Waals surface area contributed by atoms with Crippen molar-refractivity contribution in [2.75, 3.05) is 38.8 Å². The van der Waals surface area contributed by atoms with Crippen LogP contribution in [0, 0.1) is 5.92 Å². The van der Waals surface area contributed by atoms with Crippen LogP contribution < -0.4 is 10.9 Å². The Kier molecular flexibility index (Phi) is 5.42. The van der Waals surface area contributed by atoms with Gasteiger partial charge in [0, 0.05) is 39.1 Å². The van der Waals surface area contributed by atoms with Crippen molar-refractivity contribution in [3.63, 3.8) is 0 Å². The van der Waals surface area contributed by atoms with E-state index in [1.807, 2.05) is 12.3 Å². The molecule has 0 amide bonds. The largest absolute Gasteiger partial charge is 0.383 e. The standard InChI is InChI=1S/C14H22N2O3/c1-18-8-6-16-10-13(4-5-14(16)17)15-9-12-3-2-7-19-11-12/h4-5,10,12,15H,2-3,6-9,11H2,1H3. The summed E-state index contributed by atoms with van der Waals surface area (Å²) in [4.78, 5) is 11.6. The van der Waals surface area contributed by atoms with Crippen molar-refractivity contribution in [3.05, 3.63) is 28.7 Å². The summed E-state index contributed by atoms with van der Waals surface area (Å²) in [7, 11) is 1.64. The van der Waals surface area contributed by atoms with Crippen LogP contribution in [0.5, 0.6) is 0 Å². The third-order valence-electron chi connectivity index (χ3n) is 3.37. The molecule has 0 aliphatic carbocycles. The van der Waals surface area contributed by atoms with Crippen molar-refractivity contribution in [2.45, 2.75) is 19.4 Å². The molecular formula is C14H22N2O3. The molecule has 1 aromatic heterocycles. The summed E-state index contributed by atoms with van der Waals surface area (Å²) >= 11 is 0. The number of nitrogens with one attached hydrogen (secondary N) is 1. The van der Waals surface area contributed by atoms with Crippen molar-refractivity contribution in [1.29, 1.82) is 0 Å². The van der Waals surface area contributed by atoms with E-state index in [2.05, 4.69) is 5.32 Å². The lowest BCUT2D eigenvalue weighted by Gasteiger charge is -2.22. The Balaban J connectivity index is 1.90. The molecule has 1 fully saturated rings. The minimum atomic E-state index is 0.00333. The van der Waals surface area contributed by atoms with Crippen molar-refractivity contribution in [2.24, 2.45) is 5.92 Å². The smallest absolute Gasteiger partial charge is 0.250 e. The number of rotatable bonds is 6. The molecule has 1 unspecified atom stereocenters. The number of ether oxygens (including phenoxy) is 2. The molecule has 106 valence electrons. The molecule has 5 nitrogen and oxygen atoms in total. The second kappa shape index (κ2) is 7.31. The zero-order chi connectivity index (χ0) is 13.5. The van der Waals surface area contributed by atoms with Crippen molar-refractivity contribution in [3.8, 4) is 0 Å². The van der Waals surface area contributed by atoms with Gasteiger partial charge in [-0.05, 0) is 24.8 Å². The summed E-state index contributed by atoms with van der Waals surface area (Å²) in [5, 5.41) is 3.38. The van der Waals surface area contributed by atoms with Gasteiger partial charge in [0.15, 0.2) is 0 Å². The monoisotopic (exact) mass is 266 g/mol. The molecule has 0 radical (unpaired) electrons. The first-order valence-corrected chi connectivity index (χ1v) is 6.80. The van der Waals surface area contributed by atoms with E-state index in [-0.39, 0.29) is 5.56 Å². The topological polar surface area (TPSA) is 52.5 Å². The highest BCUT2D eigenvalue weighted by Crippen LogP contribution is 2.14. The van der Waals surface area contributed by atoms with Crippen LogP contribution in [0.3, 0.4) is 0 Å². The minimum absolute atomic E-state index is 0.00333. The molecule has 1 aliphatic rings. The Hall–Kier alpha value is -1.33. The van der Waals surface area contributed by atoms with E-state index >= 15 is 0 Å². The molecule has 1 aliphatic heterocycles. The second-order valence-electron chi connectivity index (χ2n) is 4.91. The molecule has 0 aromatic carbocycles. The molecule has 1 saturated heterocycles. The Labute approximate surface area is 113 Å². The van der Waals surface area contributed by atoms with E-state index in [0.717, 1.165) is 31.9 Å². The van der Waals surface area contributed by atoms with Crippen LogP contribution in [0.4, 0.5) is 5.69 Å². The van der Waals surface area contributed by atoms with Gasteiger partial charge >= 0.3 is 0 Å². The van der Waals surface area contributed by atoms with E-state index in [1.54, 1.807) is 17.7 Å². The quantitative estimate of drug-likeness (QED) is 0.844. The first-order chi connectivity index (χ1) is 9.29. The third kappa shape index (κ3) is 4.36. The Bertz CT molecular complexity index is 439. The van der Waals surface area contributed by atoms with Gasteiger partial charge in [0.2, 0.25) is 0 Å². The molecule has 0 spiro atoms. The molecule has 0 bridgehead atoms. The maximum absolute atomic E-state index is 11.6. The summed E-state index contributed by atoms with van der Waals surface area (Å²) in [5.41, 5.74) is 0.977. The Morgan fingerprint density at radius 3 is 3.16 bits per heavy atom. The number of pyridine rings is 1. The number of hydrogen-bond donors (Lipinski definition) is 1. The zero-order valence-corrected chi connectivity index (χ0v) is 11.4. The summed E-state index contributed by atoms with van der Waals surface area (Å²) < 4.78 is 12.1. The molecule has 2 heterocycles. The van der Waals surface area contributed by atoms with Gasteiger partial charge in [0.1, 0.15) is 0 Å². The molecule has 1 N–H and O–H groups in total. The van der Waals surface area contributed by atoms with Gasteiger partial charge in [0.05, 0.1) is 18.9 Å². The third-order valence-corrected chi connectivity index (χ3v) is 3.37. The summed E-state index contributed by atoms with van der Waals surface area (Å²) in [5.74, 6) is 0.563. The first kappa shape index (κ1) is 14.1. The van der Waals surface area contributed by atoms with Gasteiger partial charge in [-0.15, -0.1) is 0 Å². The van der Waals surface area contributed by atoms with Crippen LogP contribution in [-0.2, 0) is 16.0 Å². The zero-order valence-electron chi connectivity index (χ0n) is 11.4. The number of hydrogen-bond acceptors (Lipinski definition) is 4. The van der Waals surface area contributed by atoms with E-state index < -0.39 is 0 Å². The van der Waals surface area contributed by atoms with Crippen LogP contribution >= 0.6 is 0 Å². The second-order valence-corrected chi connectivity index (χ2v) is 4.91. The highest BCUT2D eigenvalue weighted by Gasteiger charge is 2.13. The van der Waals surface area contributed by atoms with E-state index in [4.69, 9.17) is 9.47 Å². The van der Waals surface area contributed by atoms with Crippen LogP contribution in [0.2, 0.25) is 0 Å².